The van der Waals surface area contributed by atoms with Crippen molar-refractivity contribution in [2.75, 3.05) is 0 Å². The molecule has 0 aromatic rings. The Bertz CT molecular complexity index is 496. The summed E-state index contributed by atoms with van der Waals surface area (Å²) < 4.78 is 24.1. The molecule has 0 aromatic carbocycles. The molecule has 7 heteroatoms. The van der Waals surface area contributed by atoms with Crippen LogP contribution < -0.4 is 0 Å². The molecule has 35 heavy (non-hydrogen) atoms. The summed E-state index contributed by atoms with van der Waals surface area (Å²) in [4.78, 5) is 26.1. The summed E-state index contributed by atoms with van der Waals surface area (Å²) in [5.74, 6) is -0.401. The predicted octanol–water partition coefficient (Wildman–Crippen LogP) is 9.33. The fourth-order valence-electron chi connectivity index (χ4n) is 4.45. The molecule has 0 N–H and O–H groups in total. The van der Waals surface area contributed by atoms with E-state index in [1.165, 1.54) is 0 Å². The monoisotopic (exact) mass is 714 g/mol. The number of carbonyl (C=O) groups excluding carboxylic acids is 2. The van der Waals surface area contributed by atoms with Crippen LogP contribution in [-0.2, 0) is 17.1 Å². The summed E-state index contributed by atoms with van der Waals surface area (Å²) in [5, 5.41) is 0. The predicted molar refractivity (Wildman–Crippen MR) is 152 cm³/mol. The second-order valence-corrected chi connectivity index (χ2v) is 32.3. The van der Waals surface area contributed by atoms with Gasteiger partial charge in [-0.3, -0.25) is 0 Å². The van der Waals surface area contributed by atoms with Crippen LogP contribution in [0.1, 0.15) is 144 Å². The average Bonchev–Trinajstić information content (AvgIpc) is 2.84. The minimum absolute atomic E-state index is 0.201. The first-order valence-corrected chi connectivity index (χ1v) is 27.7. The van der Waals surface area contributed by atoms with Gasteiger partial charge in [0.15, 0.2) is 0 Å². The van der Waals surface area contributed by atoms with Gasteiger partial charge < -0.3 is 0 Å². The molecular weight excluding hydrogens is 654 g/mol. The molecule has 0 amide bonds. The van der Waals surface area contributed by atoms with Crippen molar-refractivity contribution in [1.29, 1.82) is 0 Å². The molecule has 0 aromatic heterocycles. The fourth-order valence-corrected chi connectivity index (χ4v) is 46.0. The summed E-state index contributed by atoms with van der Waals surface area (Å²) in [6.45, 7) is 13.1. The third-order valence-electron chi connectivity index (χ3n) is 6.67. The number of rotatable bonds is 24. The molecule has 0 fully saturated rings. The molecule has 0 atom stereocenters. The first-order chi connectivity index (χ1) is 16.9. The van der Waals surface area contributed by atoms with Crippen molar-refractivity contribution in [2.24, 2.45) is 0 Å². The quantitative estimate of drug-likeness (QED) is 0.0738. The van der Waals surface area contributed by atoms with Gasteiger partial charge in [-0.1, -0.05) is 0 Å². The maximum absolute atomic E-state index is 13.0. The van der Waals surface area contributed by atoms with Crippen molar-refractivity contribution >= 4 is 50.3 Å². The van der Waals surface area contributed by atoms with E-state index in [-0.39, 0.29) is 11.9 Å². The van der Waals surface area contributed by atoms with E-state index in [1.54, 1.807) is 0 Å². The van der Waals surface area contributed by atoms with Crippen LogP contribution in [0.4, 0.5) is 0 Å². The summed E-state index contributed by atoms with van der Waals surface area (Å²) in [6.07, 6.45) is 15.4. The Morgan fingerprint density at radius 3 is 1.17 bits per heavy atom. The Morgan fingerprint density at radius 1 is 0.486 bits per heavy atom. The van der Waals surface area contributed by atoms with Crippen LogP contribution in [0.5, 0.6) is 0 Å². The van der Waals surface area contributed by atoms with Crippen molar-refractivity contribution in [2.45, 2.75) is 162 Å². The number of unbranched alkanes of at least 4 members (excludes halogenated alkanes) is 8. The number of hydrogen-bond acceptors (Lipinski definition) is 5. The standard InChI is InChI=1S/2C6H12O2.4C4H9.O.2Sn/c2*1-2-3-4-5-6(7)8;4*1-3-4-2;;;/h2*2-5H2,1H3,(H,7,8);4*1,3-4H2,2H3;;;/q;;;;;;;;+2/p-2. The van der Waals surface area contributed by atoms with E-state index >= 15 is 0 Å². The van der Waals surface area contributed by atoms with Gasteiger partial charge in [0, 0.05) is 0 Å². The van der Waals surface area contributed by atoms with Crippen LogP contribution in [0.2, 0.25) is 17.7 Å². The molecule has 0 saturated carbocycles. The molecule has 0 bridgehead atoms. The molecule has 0 unspecified atom stereocenters. The fraction of sp³-hybridized carbons (Fsp3) is 0.929. The van der Waals surface area contributed by atoms with E-state index in [0.29, 0.717) is 17.3 Å². The molecule has 0 saturated heterocycles. The van der Waals surface area contributed by atoms with Crippen LogP contribution in [0.25, 0.3) is 0 Å². The number of hydrogen-bond donors (Lipinski definition) is 0. The first-order valence-electron chi connectivity index (χ1n) is 15.0. The van der Waals surface area contributed by atoms with Gasteiger partial charge in [-0.2, -0.15) is 0 Å². The summed E-state index contributed by atoms with van der Waals surface area (Å²) in [5.41, 5.74) is 0. The first kappa shape index (κ1) is 35.5. The molecule has 0 spiro atoms. The molecule has 0 heterocycles. The molecule has 0 aliphatic carbocycles. The average molecular weight is 712 g/mol. The summed E-state index contributed by atoms with van der Waals surface area (Å²) >= 11 is -7.60. The molecule has 5 nitrogen and oxygen atoms in total. The number of carbonyl (C=O) groups is 2. The van der Waals surface area contributed by atoms with Crippen molar-refractivity contribution in [1.82, 2.24) is 0 Å². The van der Waals surface area contributed by atoms with Crippen LogP contribution in [0.3, 0.4) is 0 Å². The molecule has 0 aliphatic heterocycles. The second-order valence-electron chi connectivity index (χ2n) is 10.2. The van der Waals surface area contributed by atoms with E-state index in [4.69, 9.17) is 7.56 Å². The van der Waals surface area contributed by atoms with Crippen LogP contribution in [0.15, 0.2) is 0 Å². The SMILES string of the molecule is CCCCCC(=O)[O][Sn]([CH2]CCC)([O]C(=O)CCCCC)[O][Sn]([CH2]CCC)([CH2]CCC)[CH2]CCC. The molecule has 0 aliphatic rings. The normalized spacial score (nSPS) is 12.1. The van der Waals surface area contributed by atoms with E-state index in [9.17, 15) is 9.59 Å². The Kier molecular flexibility index (Phi) is 22.8. The van der Waals surface area contributed by atoms with Gasteiger partial charge in [-0.05, 0) is 0 Å². The molecular formula is C28H58O5Sn2. The van der Waals surface area contributed by atoms with E-state index in [1.807, 2.05) is 0 Å². The van der Waals surface area contributed by atoms with Crippen molar-refractivity contribution in [3.8, 4) is 0 Å². The van der Waals surface area contributed by atoms with Crippen molar-refractivity contribution in [3.63, 3.8) is 0 Å². The maximum atomic E-state index is 13.0. The van der Waals surface area contributed by atoms with Gasteiger partial charge in [0.1, 0.15) is 0 Å². The van der Waals surface area contributed by atoms with Gasteiger partial charge in [0.25, 0.3) is 0 Å². The summed E-state index contributed by atoms with van der Waals surface area (Å²) in [7, 11) is 0. The second kappa shape index (κ2) is 22.5. The zero-order chi connectivity index (χ0) is 26.4. The van der Waals surface area contributed by atoms with Crippen molar-refractivity contribution < 1.29 is 17.1 Å². The Morgan fingerprint density at radius 2 is 0.829 bits per heavy atom. The zero-order valence-corrected chi connectivity index (χ0v) is 29.9. The van der Waals surface area contributed by atoms with Crippen LogP contribution in [-0.4, -0.2) is 50.3 Å². The third kappa shape index (κ3) is 16.9. The zero-order valence-electron chi connectivity index (χ0n) is 24.2. The van der Waals surface area contributed by atoms with Gasteiger partial charge >= 0.3 is 230 Å². The van der Waals surface area contributed by atoms with Crippen molar-refractivity contribution in [3.05, 3.63) is 0 Å². The topological polar surface area (TPSA) is 61.8 Å². The van der Waals surface area contributed by atoms with Crippen LogP contribution >= 0.6 is 0 Å². The Labute approximate surface area is 228 Å². The third-order valence-corrected chi connectivity index (χ3v) is 39.7. The van der Waals surface area contributed by atoms with E-state index < -0.39 is 38.4 Å². The summed E-state index contributed by atoms with van der Waals surface area (Å²) in [6, 6.07) is 0. The Balaban J connectivity index is 6.15. The molecule has 0 rings (SSSR count). The van der Waals surface area contributed by atoms with Crippen LogP contribution in [0, 0.1) is 0 Å². The molecule has 208 valence electrons. The molecule has 0 radical (unpaired) electrons. The Hall–Kier alpha value is 0.497. The van der Waals surface area contributed by atoms with Gasteiger partial charge in [0.05, 0.1) is 0 Å². The van der Waals surface area contributed by atoms with E-state index in [0.717, 1.165) is 103 Å². The van der Waals surface area contributed by atoms with Gasteiger partial charge in [-0.25, -0.2) is 0 Å². The van der Waals surface area contributed by atoms with Gasteiger partial charge in [-0.15, -0.1) is 0 Å². The minimum atomic E-state index is -4.44. The van der Waals surface area contributed by atoms with E-state index in [2.05, 4.69) is 41.5 Å². The van der Waals surface area contributed by atoms with Gasteiger partial charge in [0.2, 0.25) is 0 Å².